The molecule has 9 nitrogen and oxygen atoms in total. The van der Waals surface area contributed by atoms with Crippen LogP contribution in [0.15, 0.2) is 34.7 Å². The highest BCUT2D eigenvalue weighted by Crippen LogP contribution is 2.25. The molecule has 2 heterocycles. The number of nitrogens with one attached hydrogen (secondary N) is 1. The molecule has 0 unspecified atom stereocenters. The van der Waals surface area contributed by atoms with E-state index in [9.17, 15) is 9.59 Å². The number of methoxy groups -OCH3 is 1. The molecule has 174 valence electrons. The summed E-state index contributed by atoms with van der Waals surface area (Å²) < 4.78 is 22.0. The van der Waals surface area contributed by atoms with Crippen molar-refractivity contribution in [2.75, 3.05) is 31.7 Å². The van der Waals surface area contributed by atoms with Crippen LogP contribution in [0.1, 0.15) is 48.5 Å². The lowest BCUT2D eigenvalue weighted by Gasteiger charge is -2.37. The number of hydrogen-bond donors (Lipinski definition) is 1. The number of piperidine rings is 1. The molecule has 1 aliphatic heterocycles. The van der Waals surface area contributed by atoms with E-state index in [1.165, 1.54) is 0 Å². The first-order valence-corrected chi connectivity index (χ1v) is 11.0. The van der Waals surface area contributed by atoms with E-state index in [2.05, 4.69) is 10.3 Å². The average Bonchev–Trinajstić information content (AvgIpc) is 3.23. The third kappa shape index (κ3) is 6.00. The van der Waals surface area contributed by atoms with Crippen LogP contribution in [0, 0.1) is 0 Å². The van der Waals surface area contributed by atoms with Gasteiger partial charge in [0.1, 0.15) is 12.4 Å². The number of ether oxygens (including phenoxy) is 3. The van der Waals surface area contributed by atoms with E-state index < -0.39 is 12.1 Å². The van der Waals surface area contributed by atoms with Gasteiger partial charge in [-0.05, 0) is 25.3 Å². The minimum atomic E-state index is -0.486. The summed E-state index contributed by atoms with van der Waals surface area (Å²) in [5.41, 5.74) is 1.15. The molecule has 2 atom stereocenters. The third-order valence-corrected chi connectivity index (χ3v) is 5.28. The van der Waals surface area contributed by atoms with Crippen LogP contribution in [-0.2, 0) is 27.2 Å². The van der Waals surface area contributed by atoms with Gasteiger partial charge in [-0.15, -0.1) is 0 Å². The number of carbonyl (C=O) groups excluding carboxylic acids is 2. The second kappa shape index (κ2) is 11.5. The van der Waals surface area contributed by atoms with Gasteiger partial charge in [0.25, 0.3) is 6.01 Å². The van der Waals surface area contributed by atoms with Crippen LogP contribution in [0.5, 0.6) is 0 Å². The number of aromatic nitrogens is 1. The van der Waals surface area contributed by atoms with Crippen molar-refractivity contribution in [2.45, 2.75) is 51.9 Å². The zero-order valence-corrected chi connectivity index (χ0v) is 18.8. The SMILES string of the molecule is CCCc1oc(N2CC[C@@H](NC(=O)OCc3ccccc3)[C@@H](OC)C2)nc1C(=O)OCC. The molecule has 1 aliphatic rings. The maximum absolute atomic E-state index is 12.3. The molecule has 1 saturated heterocycles. The normalized spacial score (nSPS) is 18.3. The number of nitrogens with zero attached hydrogens (tertiary/aromatic N) is 2. The van der Waals surface area contributed by atoms with Crippen molar-refractivity contribution < 1.29 is 28.2 Å². The molecule has 0 bridgehead atoms. The lowest BCUT2D eigenvalue weighted by Crippen LogP contribution is -2.55. The quantitative estimate of drug-likeness (QED) is 0.587. The van der Waals surface area contributed by atoms with Crippen LogP contribution < -0.4 is 10.2 Å². The molecule has 1 aromatic carbocycles. The van der Waals surface area contributed by atoms with Crippen LogP contribution in [0.2, 0.25) is 0 Å². The first-order chi connectivity index (χ1) is 15.5. The van der Waals surface area contributed by atoms with Crippen LogP contribution in [-0.4, -0.2) is 56.0 Å². The van der Waals surface area contributed by atoms with Gasteiger partial charge in [0.2, 0.25) is 0 Å². The van der Waals surface area contributed by atoms with Crippen molar-refractivity contribution in [3.63, 3.8) is 0 Å². The fraction of sp³-hybridized carbons (Fsp3) is 0.522. The standard InChI is InChI=1S/C23H31N3O6/c1-4-9-18-20(21(27)30-5-2)25-22(32-18)26-13-12-17(19(14-26)29-3)24-23(28)31-15-16-10-7-6-8-11-16/h6-8,10-11,17,19H,4-5,9,12-15H2,1-3H3,(H,24,28)/t17-,19+/m1/s1. The van der Waals surface area contributed by atoms with E-state index >= 15 is 0 Å². The lowest BCUT2D eigenvalue weighted by molar-refractivity contribution is 0.0516. The number of carbonyl (C=O) groups is 2. The molecule has 3 rings (SSSR count). The molecule has 0 aliphatic carbocycles. The molecule has 0 saturated carbocycles. The highest BCUT2D eigenvalue weighted by Gasteiger charge is 2.34. The van der Waals surface area contributed by atoms with Crippen LogP contribution in [0.25, 0.3) is 0 Å². The Morgan fingerprint density at radius 3 is 2.69 bits per heavy atom. The zero-order chi connectivity index (χ0) is 22.9. The summed E-state index contributed by atoms with van der Waals surface area (Å²) >= 11 is 0. The Morgan fingerprint density at radius 1 is 1.22 bits per heavy atom. The summed E-state index contributed by atoms with van der Waals surface area (Å²) in [4.78, 5) is 30.8. The molecule has 9 heteroatoms. The van der Waals surface area contributed by atoms with Gasteiger partial charge in [-0.25, -0.2) is 9.59 Å². The number of alkyl carbamates (subject to hydrolysis) is 1. The van der Waals surface area contributed by atoms with Gasteiger partial charge in [0.15, 0.2) is 5.69 Å². The number of anilines is 1. The van der Waals surface area contributed by atoms with Gasteiger partial charge in [0, 0.05) is 20.1 Å². The zero-order valence-electron chi connectivity index (χ0n) is 18.8. The molecule has 1 aromatic heterocycles. The summed E-state index contributed by atoms with van der Waals surface area (Å²) in [6.07, 6.45) is 1.25. The predicted molar refractivity (Wildman–Crippen MR) is 118 cm³/mol. The largest absolute Gasteiger partial charge is 0.461 e. The topological polar surface area (TPSA) is 103 Å². The van der Waals surface area contributed by atoms with Gasteiger partial charge >= 0.3 is 12.1 Å². The molecular formula is C23H31N3O6. The van der Waals surface area contributed by atoms with Gasteiger partial charge in [-0.3, -0.25) is 0 Å². The van der Waals surface area contributed by atoms with Gasteiger partial charge in [-0.1, -0.05) is 37.3 Å². The van der Waals surface area contributed by atoms with Crippen molar-refractivity contribution in [3.05, 3.63) is 47.3 Å². The minimum absolute atomic E-state index is 0.205. The first kappa shape index (κ1) is 23.6. The predicted octanol–water partition coefficient (Wildman–Crippen LogP) is 3.32. The average molecular weight is 446 g/mol. The highest BCUT2D eigenvalue weighted by atomic mass is 16.5. The number of aryl methyl sites for hydroxylation is 1. The van der Waals surface area contributed by atoms with E-state index in [4.69, 9.17) is 18.6 Å². The molecule has 1 amide bonds. The van der Waals surface area contributed by atoms with E-state index in [0.29, 0.717) is 37.7 Å². The smallest absolute Gasteiger partial charge is 0.407 e. The monoisotopic (exact) mass is 445 g/mol. The Hall–Kier alpha value is -3.07. The Labute approximate surface area is 188 Å². The van der Waals surface area contributed by atoms with Crippen molar-refractivity contribution in [1.82, 2.24) is 10.3 Å². The summed E-state index contributed by atoms with van der Waals surface area (Å²) in [7, 11) is 1.60. The molecule has 0 spiro atoms. The van der Waals surface area contributed by atoms with Crippen LogP contribution in [0.4, 0.5) is 10.8 Å². The molecule has 0 radical (unpaired) electrons. The van der Waals surface area contributed by atoms with E-state index in [-0.39, 0.29) is 31.1 Å². The van der Waals surface area contributed by atoms with Crippen molar-refractivity contribution in [1.29, 1.82) is 0 Å². The number of hydrogen-bond acceptors (Lipinski definition) is 8. The van der Waals surface area contributed by atoms with Gasteiger partial charge < -0.3 is 28.8 Å². The fourth-order valence-electron chi connectivity index (χ4n) is 3.64. The Balaban J connectivity index is 1.60. The fourth-order valence-corrected chi connectivity index (χ4v) is 3.64. The molecule has 1 fully saturated rings. The Kier molecular flexibility index (Phi) is 8.49. The summed E-state index contributed by atoms with van der Waals surface area (Å²) in [6, 6.07) is 9.66. The highest BCUT2D eigenvalue weighted by molar-refractivity contribution is 5.88. The number of esters is 1. The Bertz CT molecular complexity index is 885. The van der Waals surface area contributed by atoms with E-state index in [1.807, 2.05) is 42.2 Å². The second-order valence-electron chi connectivity index (χ2n) is 7.56. The summed E-state index contributed by atoms with van der Waals surface area (Å²) in [5.74, 6) is 0.0478. The van der Waals surface area contributed by atoms with Gasteiger partial charge in [0.05, 0.1) is 25.3 Å². The molecule has 32 heavy (non-hydrogen) atoms. The summed E-state index contributed by atoms with van der Waals surface area (Å²) in [6.45, 7) is 5.27. The maximum atomic E-state index is 12.3. The second-order valence-corrected chi connectivity index (χ2v) is 7.56. The maximum Gasteiger partial charge on any atom is 0.407 e. The van der Waals surface area contributed by atoms with E-state index in [1.54, 1.807) is 14.0 Å². The third-order valence-electron chi connectivity index (χ3n) is 5.28. The molecule has 1 N–H and O–H groups in total. The molecular weight excluding hydrogens is 414 g/mol. The van der Waals surface area contributed by atoms with Crippen molar-refractivity contribution in [2.24, 2.45) is 0 Å². The number of benzene rings is 1. The van der Waals surface area contributed by atoms with Crippen molar-refractivity contribution in [3.8, 4) is 0 Å². The Morgan fingerprint density at radius 2 is 2.00 bits per heavy atom. The molecule has 2 aromatic rings. The number of oxazole rings is 1. The van der Waals surface area contributed by atoms with E-state index in [0.717, 1.165) is 12.0 Å². The van der Waals surface area contributed by atoms with Gasteiger partial charge in [-0.2, -0.15) is 4.98 Å². The lowest BCUT2D eigenvalue weighted by atomic mass is 10.0. The number of rotatable bonds is 9. The van der Waals surface area contributed by atoms with Crippen molar-refractivity contribution >= 4 is 18.1 Å². The minimum Gasteiger partial charge on any atom is -0.461 e. The van der Waals surface area contributed by atoms with Crippen LogP contribution in [0.3, 0.4) is 0 Å². The van der Waals surface area contributed by atoms with Crippen LogP contribution >= 0.6 is 0 Å². The first-order valence-electron chi connectivity index (χ1n) is 11.0. The number of amides is 1. The summed E-state index contributed by atoms with van der Waals surface area (Å²) in [5, 5.41) is 2.90.